The van der Waals surface area contributed by atoms with Crippen molar-refractivity contribution < 1.29 is 18.0 Å². The van der Waals surface area contributed by atoms with E-state index in [0.29, 0.717) is 23.3 Å². The molecule has 7 heteroatoms. The lowest BCUT2D eigenvalue weighted by atomic mass is 9.98. The van der Waals surface area contributed by atoms with Crippen molar-refractivity contribution in [2.24, 2.45) is 0 Å². The zero-order valence-corrected chi connectivity index (χ0v) is 17.0. The van der Waals surface area contributed by atoms with Crippen LogP contribution >= 0.6 is 0 Å². The van der Waals surface area contributed by atoms with Gasteiger partial charge in [0.1, 0.15) is 0 Å². The first-order valence-electron chi connectivity index (χ1n) is 9.82. The third-order valence-corrected chi connectivity index (χ3v) is 4.89. The first-order valence-corrected chi connectivity index (χ1v) is 9.82. The SMILES string of the molecule is C=Cc1cc(NCCC(F)(F)F)c2ncc(-c3ccc(C(=O)CCC)c(C)c3)n2c1. The average molecular weight is 415 g/mol. The molecule has 158 valence electrons. The number of nitrogens with one attached hydrogen (secondary N) is 1. The number of fused-ring (bicyclic) bond motifs is 1. The normalized spacial score (nSPS) is 11.6. The Morgan fingerprint density at radius 3 is 2.70 bits per heavy atom. The number of Topliss-reactive ketones (excluding diaryl/α,β-unsaturated/α-hetero) is 1. The number of halogens is 3. The molecule has 1 N–H and O–H groups in total. The second-order valence-electron chi connectivity index (χ2n) is 7.22. The van der Waals surface area contributed by atoms with E-state index < -0.39 is 12.6 Å². The van der Waals surface area contributed by atoms with Crippen molar-refractivity contribution in [3.05, 3.63) is 59.9 Å². The Morgan fingerprint density at radius 1 is 1.30 bits per heavy atom. The topological polar surface area (TPSA) is 46.4 Å². The highest BCUT2D eigenvalue weighted by Crippen LogP contribution is 2.29. The largest absolute Gasteiger partial charge is 0.390 e. The van der Waals surface area contributed by atoms with Gasteiger partial charge in [0.25, 0.3) is 0 Å². The van der Waals surface area contributed by atoms with Crippen LogP contribution in [0.3, 0.4) is 0 Å². The van der Waals surface area contributed by atoms with E-state index in [1.807, 2.05) is 42.6 Å². The summed E-state index contributed by atoms with van der Waals surface area (Å²) >= 11 is 0. The maximum absolute atomic E-state index is 12.5. The van der Waals surface area contributed by atoms with Crippen LogP contribution in [0.25, 0.3) is 23.0 Å². The Kier molecular flexibility index (Phi) is 6.29. The molecule has 2 aromatic heterocycles. The molecule has 3 aromatic rings. The van der Waals surface area contributed by atoms with E-state index in [0.717, 1.165) is 28.8 Å². The number of carbonyl (C=O) groups is 1. The number of carbonyl (C=O) groups excluding carboxylic acids is 1. The average Bonchev–Trinajstić information content (AvgIpc) is 3.11. The molecule has 0 aliphatic rings. The molecule has 0 amide bonds. The van der Waals surface area contributed by atoms with E-state index in [4.69, 9.17) is 0 Å². The van der Waals surface area contributed by atoms with Crippen molar-refractivity contribution in [2.75, 3.05) is 11.9 Å². The smallest absolute Gasteiger partial charge is 0.382 e. The van der Waals surface area contributed by atoms with Crippen LogP contribution in [0, 0.1) is 6.92 Å². The van der Waals surface area contributed by atoms with Crippen LogP contribution in [0.2, 0.25) is 0 Å². The quantitative estimate of drug-likeness (QED) is 0.439. The van der Waals surface area contributed by atoms with Gasteiger partial charge in [-0.2, -0.15) is 13.2 Å². The highest BCUT2D eigenvalue weighted by atomic mass is 19.4. The number of aromatic nitrogens is 2. The number of hydrogen-bond acceptors (Lipinski definition) is 3. The predicted octanol–water partition coefficient (Wildman–Crippen LogP) is 6.30. The van der Waals surface area contributed by atoms with Crippen molar-refractivity contribution in [1.82, 2.24) is 9.38 Å². The number of alkyl halides is 3. The number of benzene rings is 1. The molecular formula is C23H24F3N3O. The van der Waals surface area contributed by atoms with E-state index in [2.05, 4.69) is 16.9 Å². The van der Waals surface area contributed by atoms with Gasteiger partial charge in [-0.15, -0.1) is 0 Å². The minimum absolute atomic E-state index is 0.116. The van der Waals surface area contributed by atoms with Crippen LogP contribution in [0.5, 0.6) is 0 Å². The molecule has 0 bridgehead atoms. The molecule has 2 heterocycles. The van der Waals surface area contributed by atoms with Crippen LogP contribution in [-0.4, -0.2) is 27.9 Å². The zero-order chi connectivity index (χ0) is 21.9. The van der Waals surface area contributed by atoms with Gasteiger partial charge in [-0.1, -0.05) is 31.7 Å². The second kappa shape index (κ2) is 8.73. The fraction of sp³-hybridized carbons (Fsp3) is 0.304. The molecular weight excluding hydrogens is 391 g/mol. The summed E-state index contributed by atoms with van der Waals surface area (Å²) in [7, 11) is 0. The summed E-state index contributed by atoms with van der Waals surface area (Å²) in [6.07, 6.45) is 1.29. The Labute approximate surface area is 173 Å². The summed E-state index contributed by atoms with van der Waals surface area (Å²) in [6.45, 7) is 7.40. The fourth-order valence-corrected chi connectivity index (χ4v) is 3.40. The van der Waals surface area contributed by atoms with Gasteiger partial charge in [-0.3, -0.25) is 9.20 Å². The van der Waals surface area contributed by atoms with E-state index >= 15 is 0 Å². The Bertz CT molecular complexity index is 1080. The Hall–Kier alpha value is -3.09. The maximum atomic E-state index is 12.5. The predicted molar refractivity (Wildman–Crippen MR) is 114 cm³/mol. The lowest BCUT2D eigenvalue weighted by Crippen LogP contribution is -2.15. The number of rotatable bonds is 8. The highest BCUT2D eigenvalue weighted by molar-refractivity contribution is 5.98. The van der Waals surface area contributed by atoms with E-state index in [1.165, 1.54) is 0 Å². The standard InChI is InChI=1S/C23H24F3N3O/c1-4-6-21(30)18-8-7-17(11-15(18)3)20-13-28-22-19(27-10-9-23(24,25)26)12-16(5-2)14-29(20)22/h5,7-8,11-14,27H,2,4,6,9-10H2,1,3H3. The van der Waals surface area contributed by atoms with Gasteiger partial charge >= 0.3 is 6.18 Å². The first-order chi connectivity index (χ1) is 14.2. The Balaban J connectivity index is 1.99. The minimum Gasteiger partial charge on any atom is -0.382 e. The number of anilines is 1. The zero-order valence-electron chi connectivity index (χ0n) is 17.0. The monoisotopic (exact) mass is 415 g/mol. The van der Waals surface area contributed by atoms with Crippen molar-refractivity contribution in [2.45, 2.75) is 39.3 Å². The van der Waals surface area contributed by atoms with Gasteiger partial charge in [0.05, 0.1) is 24.0 Å². The number of aryl methyl sites for hydroxylation is 1. The van der Waals surface area contributed by atoms with Gasteiger partial charge in [0.2, 0.25) is 0 Å². The molecule has 0 saturated heterocycles. The maximum Gasteiger partial charge on any atom is 0.390 e. The minimum atomic E-state index is -4.23. The summed E-state index contributed by atoms with van der Waals surface area (Å²) < 4.78 is 39.4. The van der Waals surface area contributed by atoms with E-state index in [-0.39, 0.29) is 12.3 Å². The van der Waals surface area contributed by atoms with Gasteiger partial charge in [-0.05, 0) is 36.6 Å². The number of nitrogens with zero attached hydrogens (tertiary/aromatic N) is 2. The molecule has 0 fully saturated rings. The van der Waals surface area contributed by atoms with Crippen molar-refractivity contribution in [3.63, 3.8) is 0 Å². The van der Waals surface area contributed by atoms with E-state index in [9.17, 15) is 18.0 Å². The van der Waals surface area contributed by atoms with Crippen LogP contribution in [0.1, 0.15) is 47.7 Å². The summed E-state index contributed by atoms with van der Waals surface area (Å²) in [5.41, 5.74) is 5.03. The third kappa shape index (κ3) is 4.72. The van der Waals surface area contributed by atoms with Crippen LogP contribution in [0.15, 0.2) is 43.2 Å². The summed E-state index contributed by atoms with van der Waals surface area (Å²) in [5.74, 6) is 0.116. The molecule has 0 aliphatic carbocycles. The molecule has 30 heavy (non-hydrogen) atoms. The third-order valence-electron chi connectivity index (χ3n) is 4.89. The lowest BCUT2D eigenvalue weighted by molar-refractivity contribution is -0.131. The molecule has 0 saturated carbocycles. The second-order valence-corrected chi connectivity index (χ2v) is 7.22. The number of pyridine rings is 1. The van der Waals surface area contributed by atoms with Crippen molar-refractivity contribution in [1.29, 1.82) is 0 Å². The number of hydrogen-bond donors (Lipinski definition) is 1. The summed E-state index contributed by atoms with van der Waals surface area (Å²) in [5, 5.41) is 2.84. The van der Waals surface area contributed by atoms with Gasteiger partial charge in [0, 0.05) is 30.3 Å². The highest BCUT2D eigenvalue weighted by Gasteiger charge is 2.26. The van der Waals surface area contributed by atoms with Crippen LogP contribution < -0.4 is 5.32 Å². The van der Waals surface area contributed by atoms with Crippen LogP contribution in [0.4, 0.5) is 18.9 Å². The molecule has 0 aliphatic heterocycles. The molecule has 0 unspecified atom stereocenters. The van der Waals surface area contributed by atoms with Crippen molar-refractivity contribution in [3.8, 4) is 11.3 Å². The van der Waals surface area contributed by atoms with Gasteiger partial charge in [-0.25, -0.2) is 4.98 Å². The molecule has 0 radical (unpaired) electrons. The molecule has 1 aromatic carbocycles. The molecule has 0 atom stereocenters. The first kappa shape index (κ1) is 21.6. The summed E-state index contributed by atoms with van der Waals surface area (Å²) in [6, 6.07) is 7.36. The lowest BCUT2D eigenvalue weighted by Gasteiger charge is -2.12. The fourth-order valence-electron chi connectivity index (χ4n) is 3.40. The number of imidazole rings is 1. The van der Waals surface area contributed by atoms with Crippen molar-refractivity contribution >= 4 is 23.2 Å². The molecule has 0 spiro atoms. The molecule has 3 rings (SSSR count). The molecule has 4 nitrogen and oxygen atoms in total. The van der Waals surface area contributed by atoms with Gasteiger partial charge < -0.3 is 5.32 Å². The van der Waals surface area contributed by atoms with Gasteiger partial charge in [0.15, 0.2) is 11.4 Å². The summed E-state index contributed by atoms with van der Waals surface area (Å²) in [4.78, 5) is 16.7. The number of ketones is 1. The van der Waals surface area contributed by atoms with E-state index in [1.54, 1.807) is 18.3 Å². The van der Waals surface area contributed by atoms with Crippen LogP contribution in [-0.2, 0) is 0 Å². The Morgan fingerprint density at radius 2 is 2.07 bits per heavy atom.